The molecule has 1 rings (SSSR count). The zero-order valence-electron chi connectivity index (χ0n) is 5.22. The van der Waals surface area contributed by atoms with Gasteiger partial charge in [0.25, 0.3) is 0 Å². The summed E-state index contributed by atoms with van der Waals surface area (Å²) in [6.07, 6.45) is 0. The van der Waals surface area contributed by atoms with Crippen molar-refractivity contribution in [2.75, 3.05) is 0 Å². The molecule has 1 heterocycles. The van der Waals surface area contributed by atoms with Gasteiger partial charge in [0.05, 0.1) is 0 Å². The molecule has 0 saturated carbocycles. The smallest absolute Gasteiger partial charge is 0.348 e. The zero-order valence-corrected chi connectivity index (χ0v) is 6.04. The molecule has 1 aromatic rings. The van der Waals surface area contributed by atoms with E-state index >= 15 is 0 Å². The minimum Gasteiger partial charge on any atom is -0.477 e. The lowest BCUT2D eigenvalue weighted by molar-refractivity contribution is 0.0697. The van der Waals surface area contributed by atoms with Crippen molar-refractivity contribution in [2.24, 2.45) is 0 Å². The number of aryl methyl sites for hydroxylation is 1. The molecule has 0 amide bonds. The molecule has 0 radical (unpaired) electrons. The van der Waals surface area contributed by atoms with Crippen LogP contribution in [0.5, 0.6) is 0 Å². The van der Waals surface area contributed by atoms with Crippen LogP contribution in [0.2, 0.25) is 0 Å². The van der Waals surface area contributed by atoms with Crippen LogP contribution in [-0.2, 0) is 0 Å². The van der Waals surface area contributed by atoms with E-state index in [4.69, 9.17) is 5.11 Å². The normalized spacial score (nSPS) is 9.80. The molecule has 0 fully saturated rings. The number of carbonyl (C=O) groups is 1. The number of halogens is 1. The van der Waals surface area contributed by atoms with Crippen LogP contribution in [0.1, 0.15) is 15.2 Å². The Labute approximate surface area is 60.9 Å². The summed E-state index contributed by atoms with van der Waals surface area (Å²) in [5.41, 5.74) is 0.391. The van der Waals surface area contributed by atoms with E-state index in [1.54, 1.807) is 0 Å². The van der Waals surface area contributed by atoms with E-state index in [0.717, 1.165) is 11.3 Å². The molecule has 0 aromatic carbocycles. The first-order valence-electron chi connectivity index (χ1n) is 2.60. The van der Waals surface area contributed by atoms with E-state index in [9.17, 15) is 9.18 Å². The number of carboxylic acid groups (broad SMARTS) is 1. The molecule has 0 bridgehead atoms. The lowest BCUT2D eigenvalue weighted by atomic mass is 10.3. The molecule has 1 N–H and O–H groups in total. The maximum absolute atomic E-state index is 12.6. The lowest BCUT2D eigenvalue weighted by Gasteiger charge is -1.85. The van der Waals surface area contributed by atoms with Gasteiger partial charge in [-0.1, -0.05) is 0 Å². The number of hydrogen-bond acceptors (Lipinski definition) is 2. The quantitative estimate of drug-likeness (QED) is 0.681. The van der Waals surface area contributed by atoms with Gasteiger partial charge in [-0.3, -0.25) is 0 Å². The van der Waals surface area contributed by atoms with Crippen LogP contribution in [-0.4, -0.2) is 11.1 Å². The molecule has 54 valence electrons. The van der Waals surface area contributed by atoms with Crippen molar-refractivity contribution < 1.29 is 14.3 Å². The topological polar surface area (TPSA) is 37.3 Å². The molecular formula is C6H5FO2S. The highest BCUT2D eigenvalue weighted by Gasteiger charge is 2.13. The highest BCUT2D eigenvalue weighted by atomic mass is 32.1. The summed E-state index contributed by atoms with van der Waals surface area (Å²) in [4.78, 5) is 9.99. The molecule has 0 atom stereocenters. The summed E-state index contributed by atoms with van der Waals surface area (Å²) < 4.78 is 12.6. The highest BCUT2D eigenvalue weighted by Crippen LogP contribution is 2.19. The molecule has 0 spiro atoms. The van der Waals surface area contributed by atoms with Crippen LogP contribution in [0, 0.1) is 12.7 Å². The van der Waals surface area contributed by atoms with Gasteiger partial charge >= 0.3 is 5.97 Å². The molecule has 0 aliphatic heterocycles. The third-order valence-corrected chi connectivity index (χ3v) is 2.15. The summed E-state index contributed by atoms with van der Waals surface area (Å²) in [5, 5.41) is 9.83. The molecule has 0 aliphatic carbocycles. The van der Waals surface area contributed by atoms with Gasteiger partial charge in [-0.25, -0.2) is 9.18 Å². The number of rotatable bonds is 1. The average Bonchev–Trinajstić information content (AvgIpc) is 2.14. The Hall–Kier alpha value is -0.900. The van der Waals surface area contributed by atoms with Gasteiger partial charge in [0.2, 0.25) is 0 Å². The first kappa shape index (κ1) is 7.21. The van der Waals surface area contributed by atoms with E-state index in [0.29, 0.717) is 5.56 Å². The second-order valence-electron chi connectivity index (χ2n) is 1.87. The van der Waals surface area contributed by atoms with E-state index in [1.807, 2.05) is 0 Å². The van der Waals surface area contributed by atoms with Crippen LogP contribution in [0.25, 0.3) is 0 Å². The van der Waals surface area contributed by atoms with Gasteiger partial charge in [0, 0.05) is 0 Å². The van der Waals surface area contributed by atoms with Crippen LogP contribution >= 0.6 is 11.3 Å². The SMILES string of the molecule is Cc1csc(C(=O)O)c1F. The van der Waals surface area contributed by atoms with Crippen molar-refractivity contribution in [1.82, 2.24) is 0 Å². The van der Waals surface area contributed by atoms with Gasteiger partial charge in [-0.15, -0.1) is 11.3 Å². The maximum Gasteiger partial charge on any atom is 0.348 e. The molecule has 0 saturated heterocycles. The molecule has 10 heavy (non-hydrogen) atoms. The molecule has 4 heteroatoms. The van der Waals surface area contributed by atoms with Crippen molar-refractivity contribution in [1.29, 1.82) is 0 Å². The first-order valence-corrected chi connectivity index (χ1v) is 3.47. The standard InChI is InChI=1S/C6H5FO2S/c1-3-2-10-5(4(3)7)6(8)9/h2H,1H3,(H,8,9). The Morgan fingerprint density at radius 2 is 2.40 bits per heavy atom. The van der Waals surface area contributed by atoms with Gasteiger partial charge in [0.15, 0.2) is 5.82 Å². The average molecular weight is 160 g/mol. The van der Waals surface area contributed by atoms with Gasteiger partial charge in [0.1, 0.15) is 4.88 Å². The van der Waals surface area contributed by atoms with Crippen LogP contribution in [0.4, 0.5) is 4.39 Å². The second kappa shape index (κ2) is 2.38. The fraction of sp³-hybridized carbons (Fsp3) is 0.167. The Morgan fingerprint density at radius 1 is 1.80 bits per heavy atom. The fourth-order valence-corrected chi connectivity index (χ4v) is 1.34. The summed E-state index contributed by atoms with van der Waals surface area (Å²) >= 11 is 0.910. The predicted octanol–water partition coefficient (Wildman–Crippen LogP) is 1.89. The number of aromatic carboxylic acids is 1. The van der Waals surface area contributed by atoms with Crippen LogP contribution in [0.3, 0.4) is 0 Å². The monoisotopic (exact) mass is 160 g/mol. The predicted molar refractivity (Wildman–Crippen MR) is 36.0 cm³/mol. The van der Waals surface area contributed by atoms with Gasteiger partial charge in [-0.05, 0) is 17.9 Å². The Balaban J connectivity index is 3.17. The van der Waals surface area contributed by atoms with Gasteiger partial charge < -0.3 is 5.11 Å². The maximum atomic E-state index is 12.6. The summed E-state index contributed by atoms with van der Waals surface area (Å²) in [6, 6.07) is 0. The molecule has 0 aliphatic rings. The zero-order chi connectivity index (χ0) is 7.72. The lowest BCUT2D eigenvalue weighted by Crippen LogP contribution is -1.95. The molecule has 0 unspecified atom stereocenters. The van der Waals surface area contributed by atoms with E-state index in [2.05, 4.69) is 0 Å². The summed E-state index contributed by atoms with van der Waals surface area (Å²) in [7, 11) is 0. The Morgan fingerprint density at radius 3 is 2.60 bits per heavy atom. The largest absolute Gasteiger partial charge is 0.477 e. The van der Waals surface area contributed by atoms with E-state index in [-0.39, 0.29) is 4.88 Å². The molecular weight excluding hydrogens is 155 g/mol. The second-order valence-corrected chi connectivity index (χ2v) is 2.75. The van der Waals surface area contributed by atoms with E-state index < -0.39 is 11.8 Å². The fourth-order valence-electron chi connectivity index (χ4n) is 0.574. The minimum atomic E-state index is -1.20. The molecule has 2 nitrogen and oxygen atoms in total. The van der Waals surface area contributed by atoms with Crippen LogP contribution in [0.15, 0.2) is 5.38 Å². The van der Waals surface area contributed by atoms with Crippen LogP contribution < -0.4 is 0 Å². The molecule has 1 aromatic heterocycles. The van der Waals surface area contributed by atoms with Crippen molar-refractivity contribution in [2.45, 2.75) is 6.92 Å². The minimum absolute atomic E-state index is 0.211. The highest BCUT2D eigenvalue weighted by molar-refractivity contribution is 7.12. The Bertz CT molecular complexity index is 267. The first-order chi connectivity index (χ1) is 4.63. The number of hydrogen-bond donors (Lipinski definition) is 1. The summed E-state index contributed by atoms with van der Waals surface area (Å²) in [5.74, 6) is -1.81. The van der Waals surface area contributed by atoms with E-state index in [1.165, 1.54) is 12.3 Å². The van der Waals surface area contributed by atoms with Crippen molar-refractivity contribution in [3.63, 3.8) is 0 Å². The van der Waals surface area contributed by atoms with Crippen molar-refractivity contribution in [3.05, 3.63) is 21.6 Å². The third kappa shape index (κ3) is 1.02. The summed E-state index contributed by atoms with van der Waals surface area (Å²) in [6.45, 7) is 1.54. The van der Waals surface area contributed by atoms with Gasteiger partial charge in [-0.2, -0.15) is 0 Å². The van der Waals surface area contributed by atoms with Crippen molar-refractivity contribution in [3.8, 4) is 0 Å². The van der Waals surface area contributed by atoms with Crippen molar-refractivity contribution >= 4 is 17.3 Å². The Kier molecular flexibility index (Phi) is 1.72. The number of thiophene rings is 1. The number of carboxylic acids is 1. The third-order valence-electron chi connectivity index (χ3n) is 1.09.